The van der Waals surface area contributed by atoms with E-state index in [1.54, 1.807) is 0 Å². The standard InChI is InChI=1S/C9H6F3/c1-2-7-4-3-5-8(6-7)9(10,11)12/h1-6H/q+1. The summed E-state index contributed by atoms with van der Waals surface area (Å²) in [6.07, 6.45) is -3.16. The van der Waals surface area contributed by atoms with E-state index < -0.39 is 11.7 Å². The molecule has 0 aliphatic carbocycles. The average Bonchev–Trinajstić information content (AvgIpc) is 2.03. The molecule has 1 aromatic rings. The zero-order valence-electron chi connectivity index (χ0n) is 6.10. The highest BCUT2D eigenvalue weighted by Gasteiger charge is 2.31. The molecule has 0 radical (unpaired) electrons. The van der Waals surface area contributed by atoms with Crippen molar-refractivity contribution in [3.8, 4) is 0 Å². The van der Waals surface area contributed by atoms with Gasteiger partial charge in [0, 0.05) is 18.7 Å². The summed E-state index contributed by atoms with van der Waals surface area (Å²) in [4.78, 5) is 0. The Kier molecular flexibility index (Phi) is 2.15. The lowest BCUT2D eigenvalue weighted by Crippen LogP contribution is -2.04. The lowest BCUT2D eigenvalue weighted by atomic mass is 10.1. The second kappa shape index (κ2) is 2.95. The summed E-state index contributed by atoms with van der Waals surface area (Å²) < 4.78 is 36.1. The van der Waals surface area contributed by atoms with E-state index in [4.69, 9.17) is 6.58 Å². The zero-order chi connectivity index (χ0) is 9.19. The first-order chi connectivity index (χ1) is 5.54. The monoisotopic (exact) mass is 171 g/mol. The van der Waals surface area contributed by atoms with Gasteiger partial charge >= 0.3 is 6.18 Å². The van der Waals surface area contributed by atoms with E-state index in [1.165, 1.54) is 12.1 Å². The molecule has 0 spiro atoms. The minimum absolute atomic E-state index is 0.366. The molecule has 0 unspecified atom stereocenters. The van der Waals surface area contributed by atoms with Crippen molar-refractivity contribution in [3.05, 3.63) is 42.0 Å². The summed E-state index contributed by atoms with van der Waals surface area (Å²) in [5, 5.41) is 0. The average molecular weight is 171 g/mol. The number of benzene rings is 1. The van der Waals surface area contributed by atoms with Gasteiger partial charge in [-0.05, 0) is 12.1 Å². The fourth-order valence-corrected chi connectivity index (χ4v) is 0.819. The molecule has 62 valence electrons. The van der Waals surface area contributed by atoms with Gasteiger partial charge in [-0.3, -0.25) is 0 Å². The van der Waals surface area contributed by atoms with E-state index in [0.717, 1.165) is 18.2 Å². The van der Waals surface area contributed by atoms with Gasteiger partial charge in [-0.2, -0.15) is 13.2 Å². The third-order valence-corrected chi connectivity index (χ3v) is 1.41. The third kappa shape index (κ3) is 1.83. The molecular formula is C9H6F3+. The van der Waals surface area contributed by atoms with Gasteiger partial charge in [0.1, 0.15) is 5.56 Å². The first-order valence-corrected chi connectivity index (χ1v) is 3.26. The van der Waals surface area contributed by atoms with Crippen LogP contribution in [0.2, 0.25) is 0 Å². The minimum atomic E-state index is -4.29. The molecule has 0 aliphatic heterocycles. The Balaban J connectivity index is 3.10. The van der Waals surface area contributed by atoms with E-state index in [2.05, 4.69) is 0 Å². The second-order valence-electron chi connectivity index (χ2n) is 2.29. The molecule has 0 atom stereocenters. The molecule has 0 saturated carbocycles. The molecule has 0 amide bonds. The number of hydrogen-bond acceptors (Lipinski definition) is 0. The normalized spacial score (nSPS) is 11.2. The fourth-order valence-electron chi connectivity index (χ4n) is 0.819. The van der Waals surface area contributed by atoms with Crippen molar-refractivity contribution in [2.45, 2.75) is 6.18 Å². The number of rotatable bonds is 1. The van der Waals surface area contributed by atoms with Gasteiger partial charge in [0.05, 0.1) is 5.56 Å². The van der Waals surface area contributed by atoms with E-state index in [9.17, 15) is 13.2 Å². The smallest absolute Gasteiger partial charge is 0.166 e. The van der Waals surface area contributed by atoms with Gasteiger partial charge in [0.2, 0.25) is 0 Å². The molecule has 0 heterocycles. The topological polar surface area (TPSA) is 0 Å². The maximum atomic E-state index is 12.0. The Morgan fingerprint density at radius 3 is 2.42 bits per heavy atom. The highest BCUT2D eigenvalue weighted by Crippen LogP contribution is 2.29. The largest absolute Gasteiger partial charge is 0.418 e. The summed E-state index contributed by atoms with van der Waals surface area (Å²) in [7, 11) is 0. The molecule has 1 rings (SSSR count). The van der Waals surface area contributed by atoms with Crippen molar-refractivity contribution in [1.29, 1.82) is 0 Å². The van der Waals surface area contributed by atoms with Gasteiger partial charge < -0.3 is 0 Å². The summed E-state index contributed by atoms with van der Waals surface area (Å²) in [6, 6.07) is 4.84. The predicted octanol–water partition coefficient (Wildman–Crippen LogP) is 3.15. The first kappa shape index (κ1) is 8.75. The van der Waals surface area contributed by atoms with Crippen LogP contribution in [-0.4, -0.2) is 0 Å². The maximum absolute atomic E-state index is 12.0. The molecule has 12 heavy (non-hydrogen) atoms. The maximum Gasteiger partial charge on any atom is 0.418 e. The van der Waals surface area contributed by atoms with Gasteiger partial charge in [0.25, 0.3) is 0 Å². The van der Waals surface area contributed by atoms with E-state index in [0.29, 0.717) is 5.56 Å². The summed E-state index contributed by atoms with van der Waals surface area (Å²) in [5.41, 5.74) is -0.313. The van der Waals surface area contributed by atoms with Crippen molar-refractivity contribution in [3.63, 3.8) is 0 Å². The quantitative estimate of drug-likeness (QED) is 0.569. The molecule has 0 saturated heterocycles. The SMILES string of the molecule is [CH+]=Cc1cccc(C(F)(F)F)c1. The molecule has 0 aromatic heterocycles. The van der Waals surface area contributed by atoms with Crippen LogP contribution in [0.15, 0.2) is 24.3 Å². The van der Waals surface area contributed by atoms with Crippen LogP contribution in [0.3, 0.4) is 0 Å². The molecule has 0 aliphatic rings. The van der Waals surface area contributed by atoms with E-state index in [1.807, 2.05) is 0 Å². The van der Waals surface area contributed by atoms with Crippen LogP contribution in [0.1, 0.15) is 11.1 Å². The Bertz CT molecular complexity index is 286. The van der Waals surface area contributed by atoms with Crippen LogP contribution in [0.25, 0.3) is 6.08 Å². The third-order valence-electron chi connectivity index (χ3n) is 1.41. The lowest BCUT2D eigenvalue weighted by molar-refractivity contribution is -0.137. The molecule has 0 bridgehead atoms. The summed E-state index contributed by atoms with van der Waals surface area (Å²) >= 11 is 0. The fraction of sp³-hybridized carbons (Fsp3) is 0.111. The Labute approximate surface area is 68.3 Å². The zero-order valence-corrected chi connectivity index (χ0v) is 6.10. The van der Waals surface area contributed by atoms with Crippen molar-refractivity contribution < 1.29 is 13.2 Å². The van der Waals surface area contributed by atoms with Crippen LogP contribution in [-0.2, 0) is 6.18 Å². The molecule has 1 aromatic carbocycles. The van der Waals surface area contributed by atoms with E-state index >= 15 is 0 Å². The minimum Gasteiger partial charge on any atom is -0.166 e. The molecule has 0 nitrogen and oxygen atoms in total. The number of hydrogen-bond donors (Lipinski definition) is 0. The van der Waals surface area contributed by atoms with Crippen LogP contribution in [0, 0.1) is 6.58 Å². The second-order valence-corrected chi connectivity index (χ2v) is 2.29. The summed E-state index contributed by atoms with van der Waals surface area (Å²) in [6.45, 7) is 5.07. The predicted molar refractivity (Wildman–Crippen MR) is 40.2 cm³/mol. The van der Waals surface area contributed by atoms with Crippen LogP contribution in [0.4, 0.5) is 13.2 Å². The van der Waals surface area contributed by atoms with E-state index in [-0.39, 0.29) is 0 Å². The molecule has 3 heteroatoms. The first-order valence-electron chi connectivity index (χ1n) is 3.26. The highest BCUT2D eigenvalue weighted by atomic mass is 19.4. The van der Waals surface area contributed by atoms with Crippen LogP contribution < -0.4 is 0 Å². The van der Waals surface area contributed by atoms with Gasteiger partial charge in [-0.25, -0.2) is 0 Å². The van der Waals surface area contributed by atoms with Crippen molar-refractivity contribution in [1.82, 2.24) is 0 Å². The number of alkyl halides is 3. The van der Waals surface area contributed by atoms with Crippen molar-refractivity contribution in [2.24, 2.45) is 0 Å². The Hall–Kier alpha value is -1.34. The Morgan fingerprint density at radius 1 is 1.25 bits per heavy atom. The molecule has 0 fully saturated rings. The van der Waals surface area contributed by atoms with Gasteiger partial charge in [-0.15, -0.1) is 0 Å². The highest BCUT2D eigenvalue weighted by molar-refractivity contribution is 5.47. The van der Waals surface area contributed by atoms with Crippen LogP contribution >= 0.6 is 0 Å². The van der Waals surface area contributed by atoms with Crippen LogP contribution in [0.5, 0.6) is 0 Å². The lowest BCUT2D eigenvalue weighted by Gasteiger charge is -2.03. The Morgan fingerprint density at radius 2 is 1.92 bits per heavy atom. The number of halogens is 3. The summed E-state index contributed by atoms with van der Waals surface area (Å²) in [5.74, 6) is 0. The van der Waals surface area contributed by atoms with Crippen molar-refractivity contribution in [2.75, 3.05) is 0 Å². The van der Waals surface area contributed by atoms with Gasteiger partial charge in [-0.1, -0.05) is 0 Å². The molecular weight excluding hydrogens is 165 g/mol. The van der Waals surface area contributed by atoms with Gasteiger partial charge in [0.15, 0.2) is 6.08 Å². The molecule has 0 N–H and O–H groups in total. The van der Waals surface area contributed by atoms with Crippen molar-refractivity contribution >= 4 is 6.08 Å².